The number of halogens is 1. The van der Waals surface area contributed by atoms with Gasteiger partial charge in [-0.1, -0.05) is 6.07 Å². The Hall–Kier alpha value is -0.870. The second kappa shape index (κ2) is 7.14. The van der Waals surface area contributed by atoms with Crippen molar-refractivity contribution in [1.29, 1.82) is 0 Å². The highest BCUT2D eigenvalue weighted by Crippen LogP contribution is 2.39. The van der Waals surface area contributed by atoms with E-state index < -0.39 is 0 Å². The first kappa shape index (κ1) is 16.0. The fraction of sp³-hybridized carbons (Fsp3) is 0.611. The molecule has 2 aliphatic rings. The summed E-state index contributed by atoms with van der Waals surface area (Å²) in [5.74, 6) is 1.57. The molecular weight excluding hydrogens is 342 g/mol. The molecule has 1 unspecified atom stereocenters. The van der Waals surface area contributed by atoms with Gasteiger partial charge in [0.05, 0.1) is 11.7 Å². The number of rotatable bonds is 6. The number of ether oxygens (including phenoxy) is 1. The summed E-state index contributed by atoms with van der Waals surface area (Å²) in [6, 6.07) is 5.99. The van der Waals surface area contributed by atoms with Gasteiger partial charge in [0.2, 0.25) is 0 Å². The van der Waals surface area contributed by atoms with Gasteiger partial charge in [0, 0.05) is 30.4 Å². The SMILES string of the molecule is COC(CC1CCN(c2cccc(Br)c2C=O)CC1)C1CC1. The minimum absolute atomic E-state index is 0.466. The summed E-state index contributed by atoms with van der Waals surface area (Å²) < 4.78 is 6.56. The number of nitrogens with zero attached hydrogens (tertiary/aromatic N) is 1. The molecular formula is C18H24BrNO2. The molecule has 1 aromatic carbocycles. The Kier molecular flexibility index (Phi) is 5.19. The molecule has 0 bridgehead atoms. The molecule has 4 heteroatoms. The highest BCUT2D eigenvalue weighted by molar-refractivity contribution is 9.10. The zero-order chi connectivity index (χ0) is 15.5. The van der Waals surface area contributed by atoms with Gasteiger partial charge in [0.1, 0.15) is 0 Å². The lowest BCUT2D eigenvalue weighted by Gasteiger charge is -2.35. The lowest BCUT2D eigenvalue weighted by atomic mass is 9.89. The molecule has 1 aliphatic carbocycles. The van der Waals surface area contributed by atoms with Crippen LogP contribution in [0, 0.1) is 11.8 Å². The van der Waals surface area contributed by atoms with E-state index in [1.165, 1.54) is 32.1 Å². The van der Waals surface area contributed by atoms with Crippen LogP contribution < -0.4 is 4.90 Å². The summed E-state index contributed by atoms with van der Waals surface area (Å²) in [4.78, 5) is 13.7. The van der Waals surface area contributed by atoms with Crippen molar-refractivity contribution in [2.24, 2.45) is 11.8 Å². The minimum Gasteiger partial charge on any atom is -0.381 e. The van der Waals surface area contributed by atoms with Crippen molar-refractivity contribution < 1.29 is 9.53 Å². The van der Waals surface area contributed by atoms with Crippen LogP contribution in [0.2, 0.25) is 0 Å². The first-order valence-corrected chi connectivity index (χ1v) is 9.03. The van der Waals surface area contributed by atoms with E-state index in [1.807, 2.05) is 19.2 Å². The zero-order valence-corrected chi connectivity index (χ0v) is 14.7. The van der Waals surface area contributed by atoms with Gasteiger partial charge in [0.25, 0.3) is 0 Å². The topological polar surface area (TPSA) is 29.5 Å². The second-order valence-corrected chi connectivity index (χ2v) is 7.42. The lowest BCUT2D eigenvalue weighted by Crippen LogP contribution is -2.35. The standard InChI is InChI=1S/C18H24BrNO2/c1-22-18(14-5-6-14)11-13-7-9-20(10-8-13)17-4-2-3-16(19)15(17)12-21/h2-4,12-14,18H,5-11H2,1H3. The molecule has 1 aromatic rings. The van der Waals surface area contributed by atoms with E-state index in [0.717, 1.165) is 46.9 Å². The molecule has 3 rings (SSSR count). The summed E-state index contributed by atoms with van der Waals surface area (Å²) in [6.07, 6.45) is 7.70. The Morgan fingerprint density at radius 2 is 2.05 bits per heavy atom. The molecule has 1 atom stereocenters. The molecule has 22 heavy (non-hydrogen) atoms. The van der Waals surface area contributed by atoms with Crippen LogP contribution in [0.25, 0.3) is 0 Å². The molecule has 1 saturated heterocycles. The van der Waals surface area contributed by atoms with E-state index in [4.69, 9.17) is 4.74 Å². The van der Waals surface area contributed by atoms with Crippen LogP contribution in [-0.2, 0) is 4.74 Å². The maximum absolute atomic E-state index is 11.3. The molecule has 1 heterocycles. The van der Waals surface area contributed by atoms with Crippen LogP contribution in [0.3, 0.4) is 0 Å². The molecule has 0 spiro atoms. The number of carbonyl (C=O) groups excluding carboxylic acids is 1. The van der Waals surface area contributed by atoms with Crippen molar-refractivity contribution in [3.05, 3.63) is 28.2 Å². The van der Waals surface area contributed by atoms with Gasteiger partial charge in [-0.2, -0.15) is 0 Å². The molecule has 0 radical (unpaired) electrons. The largest absolute Gasteiger partial charge is 0.381 e. The van der Waals surface area contributed by atoms with Crippen molar-refractivity contribution in [3.8, 4) is 0 Å². The Balaban J connectivity index is 1.59. The minimum atomic E-state index is 0.466. The maximum atomic E-state index is 11.3. The highest BCUT2D eigenvalue weighted by atomic mass is 79.9. The quantitative estimate of drug-likeness (QED) is 0.704. The maximum Gasteiger partial charge on any atom is 0.153 e. The second-order valence-electron chi connectivity index (χ2n) is 6.57. The van der Waals surface area contributed by atoms with E-state index >= 15 is 0 Å². The fourth-order valence-corrected chi connectivity index (χ4v) is 4.05. The molecule has 0 N–H and O–H groups in total. The predicted molar refractivity (Wildman–Crippen MR) is 92.6 cm³/mol. The van der Waals surface area contributed by atoms with E-state index in [9.17, 15) is 4.79 Å². The first-order valence-electron chi connectivity index (χ1n) is 8.24. The third kappa shape index (κ3) is 3.54. The molecule has 120 valence electrons. The van der Waals surface area contributed by atoms with Gasteiger partial charge < -0.3 is 9.64 Å². The molecule has 0 amide bonds. The monoisotopic (exact) mass is 365 g/mol. The Morgan fingerprint density at radius 1 is 1.32 bits per heavy atom. The smallest absolute Gasteiger partial charge is 0.153 e. The number of piperidine rings is 1. The Bertz CT molecular complexity index is 522. The average molecular weight is 366 g/mol. The van der Waals surface area contributed by atoms with Crippen LogP contribution in [-0.4, -0.2) is 32.6 Å². The summed E-state index contributed by atoms with van der Waals surface area (Å²) in [5, 5.41) is 0. The molecule has 0 aromatic heterocycles. The lowest BCUT2D eigenvalue weighted by molar-refractivity contribution is 0.0591. The van der Waals surface area contributed by atoms with Gasteiger partial charge in [-0.15, -0.1) is 0 Å². The number of aldehydes is 1. The van der Waals surface area contributed by atoms with Crippen molar-refractivity contribution >= 4 is 27.9 Å². The summed E-state index contributed by atoms with van der Waals surface area (Å²) in [6.45, 7) is 2.06. The predicted octanol–water partition coefficient (Wildman–Crippen LogP) is 4.29. The van der Waals surface area contributed by atoms with E-state index in [2.05, 4.69) is 26.9 Å². The number of methoxy groups -OCH3 is 1. The zero-order valence-electron chi connectivity index (χ0n) is 13.1. The Labute approximate surface area is 141 Å². The number of benzene rings is 1. The van der Waals surface area contributed by atoms with Crippen LogP contribution in [0.1, 0.15) is 42.5 Å². The average Bonchev–Trinajstić information content (AvgIpc) is 3.38. The first-order chi connectivity index (χ1) is 10.7. The number of anilines is 1. The van der Waals surface area contributed by atoms with Gasteiger partial charge in [-0.3, -0.25) is 4.79 Å². The molecule has 3 nitrogen and oxygen atoms in total. The molecule has 1 aliphatic heterocycles. The van der Waals surface area contributed by atoms with Crippen LogP contribution in [0.15, 0.2) is 22.7 Å². The van der Waals surface area contributed by atoms with Gasteiger partial charge in [-0.25, -0.2) is 0 Å². The number of carbonyl (C=O) groups is 1. The van der Waals surface area contributed by atoms with Gasteiger partial charge in [-0.05, 0) is 72.0 Å². The van der Waals surface area contributed by atoms with Crippen molar-refractivity contribution in [2.75, 3.05) is 25.1 Å². The number of hydrogen-bond acceptors (Lipinski definition) is 3. The highest BCUT2D eigenvalue weighted by Gasteiger charge is 2.33. The van der Waals surface area contributed by atoms with Gasteiger partial charge in [0.15, 0.2) is 6.29 Å². The summed E-state index contributed by atoms with van der Waals surface area (Å²) >= 11 is 3.48. The van der Waals surface area contributed by atoms with E-state index in [0.29, 0.717) is 6.10 Å². The van der Waals surface area contributed by atoms with Crippen LogP contribution >= 0.6 is 15.9 Å². The Morgan fingerprint density at radius 3 is 2.64 bits per heavy atom. The summed E-state index contributed by atoms with van der Waals surface area (Å²) in [5.41, 5.74) is 1.84. The van der Waals surface area contributed by atoms with Crippen molar-refractivity contribution in [1.82, 2.24) is 0 Å². The van der Waals surface area contributed by atoms with Crippen molar-refractivity contribution in [2.45, 2.75) is 38.2 Å². The molecule has 1 saturated carbocycles. The van der Waals surface area contributed by atoms with E-state index in [1.54, 1.807) is 0 Å². The summed E-state index contributed by atoms with van der Waals surface area (Å²) in [7, 11) is 1.86. The van der Waals surface area contributed by atoms with E-state index in [-0.39, 0.29) is 0 Å². The number of hydrogen-bond donors (Lipinski definition) is 0. The van der Waals surface area contributed by atoms with Crippen molar-refractivity contribution in [3.63, 3.8) is 0 Å². The fourth-order valence-electron chi connectivity index (χ4n) is 3.61. The normalized spacial score (nSPS) is 20.9. The molecule has 2 fully saturated rings. The van der Waals surface area contributed by atoms with Crippen LogP contribution in [0.5, 0.6) is 0 Å². The third-order valence-electron chi connectivity index (χ3n) is 5.12. The van der Waals surface area contributed by atoms with Crippen LogP contribution in [0.4, 0.5) is 5.69 Å². The van der Waals surface area contributed by atoms with Gasteiger partial charge >= 0.3 is 0 Å². The third-order valence-corrected chi connectivity index (χ3v) is 5.81.